The summed E-state index contributed by atoms with van der Waals surface area (Å²) in [4.78, 5) is 13.1. The molecule has 1 rings (SSSR count). The molecule has 0 bridgehead atoms. The lowest BCUT2D eigenvalue weighted by Crippen LogP contribution is -2.39. The molecule has 0 aromatic rings. The van der Waals surface area contributed by atoms with Crippen LogP contribution in [-0.2, 0) is 14.8 Å². The van der Waals surface area contributed by atoms with Crippen LogP contribution >= 0.6 is 12.6 Å². The lowest BCUT2D eigenvalue weighted by Gasteiger charge is -2.23. The molecular weight excluding hydrogens is 260 g/mol. The Balaban J connectivity index is 2.80. The SMILES string of the molecule is CCS(=O)(=O)N1CC(S)CC1CC(=O)N(C)C. The molecule has 1 amide bonds. The van der Waals surface area contributed by atoms with Gasteiger partial charge >= 0.3 is 0 Å². The van der Waals surface area contributed by atoms with Crippen LogP contribution in [-0.4, -0.2) is 61.2 Å². The van der Waals surface area contributed by atoms with Crippen LogP contribution in [0.3, 0.4) is 0 Å². The summed E-state index contributed by atoms with van der Waals surface area (Å²) in [7, 11) is 0.112. The van der Waals surface area contributed by atoms with E-state index in [0.29, 0.717) is 13.0 Å². The molecule has 1 fully saturated rings. The largest absolute Gasteiger partial charge is 0.349 e. The minimum atomic E-state index is -3.24. The number of thiol groups is 1. The maximum atomic E-state index is 11.9. The van der Waals surface area contributed by atoms with E-state index in [1.807, 2.05) is 0 Å². The van der Waals surface area contributed by atoms with Crippen LogP contribution in [0.4, 0.5) is 0 Å². The van der Waals surface area contributed by atoms with Crippen LogP contribution in [0.1, 0.15) is 19.8 Å². The quantitative estimate of drug-likeness (QED) is 0.748. The van der Waals surface area contributed by atoms with E-state index in [1.54, 1.807) is 21.0 Å². The molecule has 0 spiro atoms. The zero-order chi connectivity index (χ0) is 13.2. The van der Waals surface area contributed by atoms with E-state index in [2.05, 4.69) is 12.6 Å². The maximum absolute atomic E-state index is 11.9. The van der Waals surface area contributed by atoms with E-state index in [-0.39, 0.29) is 29.4 Å². The molecule has 17 heavy (non-hydrogen) atoms. The first-order valence-electron chi connectivity index (χ1n) is 5.65. The molecule has 0 aromatic carbocycles. The van der Waals surface area contributed by atoms with Crippen molar-refractivity contribution < 1.29 is 13.2 Å². The smallest absolute Gasteiger partial charge is 0.223 e. The number of hydrogen-bond acceptors (Lipinski definition) is 4. The Hall–Kier alpha value is -0.270. The van der Waals surface area contributed by atoms with E-state index in [9.17, 15) is 13.2 Å². The second kappa shape index (κ2) is 5.58. The summed E-state index contributed by atoms with van der Waals surface area (Å²) in [5, 5.41) is 0.0243. The van der Waals surface area contributed by atoms with Gasteiger partial charge in [0.2, 0.25) is 15.9 Å². The summed E-state index contributed by atoms with van der Waals surface area (Å²) in [6.07, 6.45) is 0.880. The predicted molar refractivity (Wildman–Crippen MR) is 70.7 cm³/mol. The summed E-state index contributed by atoms with van der Waals surface area (Å²) in [6, 6.07) is -0.239. The van der Waals surface area contributed by atoms with Gasteiger partial charge in [-0.3, -0.25) is 4.79 Å². The van der Waals surface area contributed by atoms with Crippen LogP contribution < -0.4 is 0 Å². The van der Waals surface area contributed by atoms with Gasteiger partial charge in [-0.25, -0.2) is 8.42 Å². The highest BCUT2D eigenvalue weighted by Crippen LogP contribution is 2.27. The minimum absolute atomic E-state index is 0.0243. The van der Waals surface area contributed by atoms with Crippen molar-refractivity contribution in [1.29, 1.82) is 0 Å². The molecule has 1 aliphatic rings. The number of amides is 1. The fourth-order valence-electron chi connectivity index (χ4n) is 1.94. The average molecular weight is 280 g/mol. The Morgan fingerprint density at radius 3 is 2.53 bits per heavy atom. The lowest BCUT2D eigenvalue weighted by atomic mass is 10.1. The summed E-state index contributed by atoms with van der Waals surface area (Å²) in [5.41, 5.74) is 0. The van der Waals surface area contributed by atoms with Gasteiger partial charge in [-0.1, -0.05) is 0 Å². The highest BCUT2D eigenvalue weighted by Gasteiger charge is 2.38. The molecule has 0 N–H and O–H groups in total. The molecule has 0 aromatic heterocycles. The summed E-state index contributed by atoms with van der Waals surface area (Å²) < 4.78 is 25.2. The Morgan fingerprint density at radius 2 is 2.06 bits per heavy atom. The molecule has 100 valence electrons. The number of hydrogen-bond donors (Lipinski definition) is 1. The molecule has 5 nitrogen and oxygen atoms in total. The first kappa shape index (κ1) is 14.8. The van der Waals surface area contributed by atoms with E-state index in [0.717, 1.165) is 0 Å². The Labute approximate surface area is 109 Å². The van der Waals surface area contributed by atoms with Gasteiger partial charge in [0.25, 0.3) is 0 Å². The molecule has 7 heteroatoms. The van der Waals surface area contributed by atoms with Gasteiger partial charge in [0, 0.05) is 38.4 Å². The number of nitrogens with zero attached hydrogens (tertiary/aromatic N) is 2. The molecule has 0 aliphatic carbocycles. The maximum Gasteiger partial charge on any atom is 0.223 e. The van der Waals surface area contributed by atoms with Crippen LogP contribution in [0.5, 0.6) is 0 Å². The summed E-state index contributed by atoms with van der Waals surface area (Å²) in [5.74, 6) is 0.0221. The summed E-state index contributed by atoms with van der Waals surface area (Å²) >= 11 is 4.32. The van der Waals surface area contributed by atoms with Crippen LogP contribution in [0.15, 0.2) is 0 Å². The lowest BCUT2D eigenvalue weighted by molar-refractivity contribution is -0.129. The third kappa shape index (κ3) is 3.59. The van der Waals surface area contributed by atoms with Gasteiger partial charge in [-0.2, -0.15) is 16.9 Å². The monoisotopic (exact) mass is 280 g/mol. The standard InChI is InChI=1S/C10H20N2O3S2/c1-4-17(14,15)12-7-9(16)5-8(12)6-10(13)11(2)3/h8-9,16H,4-7H2,1-3H3. The van der Waals surface area contributed by atoms with Crippen molar-refractivity contribution >= 4 is 28.6 Å². The minimum Gasteiger partial charge on any atom is -0.349 e. The third-order valence-corrected chi connectivity index (χ3v) is 5.24. The molecule has 2 atom stereocenters. The van der Waals surface area contributed by atoms with Gasteiger partial charge in [0.1, 0.15) is 0 Å². The molecule has 1 saturated heterocycles. The third-order valence-electron chi connectivity index (χ3n) is 2.97. The van der Waals surface area contributed by atoms with Crippen molar-refractivity contribution in [3.63, 3.8) is 0 Å². The van der Waals surface area contributed by atoms with Gasteiger partial charge in [0.15, 0.2) is 0 Å². The molecular formula is C10H20N2O3S2. The number of rotatable bonds is 4. The van der Waals surface area contributed by atoms with Crippen LogP contribution in [0.2, 0.25) is 0 Å². The van der Waals surface area contributed by atoms with E-state index >= 15 is 0 Å². The number of sulfonamides is 1. The number of carbonyl (C=O) groups excluding carboxylic acids is 1. The van der Waals surface area contributed by atoms with Crippen molar-refractivity contribution in [1.82, 2.24) is 9.21 Å². The van der Waals surface area contributed by atoms with Crippen LogP contribution in [0.25, 0.3) is 0 Å². The molecule has 0 saturated carbocycles. The highest BCUT2D eigenvalue weighted by atomic mass is 32.2. The van der Waals surface area contributed by atoms with Gasteiger partial charge in [-0.15, -0.1) is 0 Å². The molecule has 2 unspecified atom stereocenters. The zero-order valence-corrected chi connectivity index (χ0v) is 12.2. The van der Waals surface area contributed by atoms with Crippen molar-refractivity contribution in [3.8, 4) is 0 Å². The number of carbonyl (C=O) groups is 1. The van der Waals surface area contributed by atoms with Gasteiger partial charge < -0.3 is 4.90 Å². The highest BCUT2D eigenvalue weighted by molar-refractivity contribution is 7.89. The first-order chi connectivity index (χ1) is 7.77. The van der Waals surface area contributed by atoms with Crippen molar-refractivity contribution in [2.45, 2.75) is 31.1 Å². The van der Waals surface area contributed by atoms with Crippen molar-refractivity contribution in [2.75, 3.05) is 26.4 Å². The van der Waals surface area contributed by atoms with E-state index in [1.165, 1.54) is 9.21 Å². The molecule has 1 aliphatic heterocycles. The fourth-order valence-corrected chi connectivity index (χ4v) is 3.82. The fraction of sp³-hybridized carbons (Fsp3) is 0.900. The zero-order valence-electron chi connectivity index (χ0n) is 10.5. The topological polar surface area (TPSA) is 57.7 Å². The second-order valence-corrected chi connectivity index (χ2v) is 7.45. The predicted octanol–water partition coefficient (Wildman–Crippen LogP) is 0.187. The Bertz CT molecular complexity index is 381. The van der Waals surface area contributed by atoms with Crippen LogP contribution in [0, 0.1) is 0 Å². The second-order valence-electron chi connectivity index (χ2n) is 4.51. The molecule has 1 heterocycles. The van der Waals surface area contributed by atoms with Crippen molar-refractivity contribution in [3.05, 3.63) is 0 Å². The van der Waals surface area contributed by atoms with E-state index < -0.39 is 10.0 Å². The normalized spacial score (nSPS) is 26.1. The summed E-state index contributed by atoms with van der Waals surface area (Å²) in [6.45, 7) is 2.02. The van der Waals surface area contributed by atoms with Gasteiger partial charge in [0.05, 0.1) is 5.75 Å². The molecule has 0 radical (unpaired) electrons. The average Bonchev–Trinajstić information content (AvgIpc) is 2.60. The Kier molecular flexibility index (Phi) is 4.86. The van der Waals surface area contributed by atoms with Crippen molar-refractivity contribution in [2.24, 2.45) is 0 Å². The van der Waals surface area contributed by atoms with E-state index in [4.69, 9.17) is 0 Å². The first-order valence-corrected chi connectivity index (χ1v) is 7.78. The Morgan fingerprint density at radius 1 is 1.47 bits per heavy atom. The van der Waals surface area contributed by atoms with Gasteiger partial charge in [-0.05, 0) is 13.3 Å².